The molecular formula is C16H22N4O4S2. The van der Waals surface area contributed by atoms with Crippen molar-refractivity contribution in [1.29, 1.82) is 0 Å². The van der Waals surface area contributed by atoms with Gasteiger partial charge < -0.3 is 16.0 Å². The van der Waals surface area contributed by atoms with E-state index in [2.05, 4.69) is 16.0 Å². The highest BCUT2D eigenvalue weighted by Crippen LogP contribution is 2.20. The van der Waals surface area contributed by atoms with E-state index in [-0.39, 0.29) is 35.8 Å². The molecule has 0 radical (unpaired) electrons. The molecule has 0 aliphatic carbocycles. The molecule has 0 spiro atoms. The van der Waals surface area contributed by atoms with Crippen molar-refractivity contribution in [2.45, 2.75) is 17.4 Å². The van der Waals surface area contributed by atoms with Gasteiger partial charge in [0.1, 0.15) is 0 Å². The Morgan fingerprint density at radius 3 is 2.92 bits per heavy atom. The lowest BCUT2D eigenvalue weighted by atomic mass is 10.2. The molecule has 2 fully saturated rings. The van der Waals surface area contributed by atoms with Crippen LogP contribution in [0, 0.1) is 0 Å². The summed E-state index contributed by atoms with van der Waals surface area (Å²) in [6.07, 6.45) is 0.344. The van der Waals surface area contributed by atoms with Gasteiger partial charge >= 0.3 is 0 Å². The second-order valence-corrected chi connectivity index (χ2v) is 9.28. The van der Waals surface area contributed by atoms with E-state index in [4.69, 9.17) is 0 Å². The Labute approximate surface area is 157 Å². The average Bonchev–Trinajstić information content (AvgIpc) is 2.62. The number of hydrogen-bond donors (Lipinski definition) is 3. The first kappa shape index (κ1) is 19.2. The van der Waals surface area contributed by atoms with Gasteiger partial charge in [-0.25, -0.2) is 8.42 Å². The molecule has 1 aromatic rings. The Balaban J connectivity index is 1.67. The van der Waals surface area contributed by atoms with Crippen molar-refractivity contribution >= 4 is 39.3 Å². The standard InChI is InChI=1S/C16H22N4O4S2/c21-15(9-13-11-25-7-5-17-13)19-12-2-1-3-14(8-12)26(23,24)20-6-4-18-16(22)10-20/h1-3,8,13,17H,4-7,9-11H2,(H,18,22)(H,19,21). The van der Waals surface area contributed by atoms with Crippen molar-refractivity contribution in [3.05, 3.63) is 24.3 Å². The molecule has 2 aliphatic rings. The lowest BCUT2D eigenvalue weighted by molar-refractivity contribution is -0.122. The number of hydrogen-bond acceptors (Lipinski definition) is 6. The molecule has 2 saturated heterocycles. The summed E-state index contributed by atoms with van der Waals surface area (Å²) >= 11 is 1.81. The molecule has 0 aromatic heterocycles. The summed E-state index contributed by atoms with van der Waals surface area (Å²) in [5.74, 6) is 1.46. The number of amides is 2. The predicted molar refractivity (Wildman–Crippen MR) is 101 cm³/mol. The number of carbonyl (C=O) groups is 2. The fourth-order valence-electron chi connectivity index (χ4n) is 2.89. The van der Waals surface area contributed by atoms with Crippen molar-refractivity contribution in [1.82, 2.24) is 14.9 Å². The molecule has 0 saturated carbocycles. The van der Waals surface area contributed by atoms with Crippen molar-refractivity contribution in [3.8, 4) is 0 Å². The van der Waals surface area contributed by atoms with E-state index in [1.165, 1.54) is 12.1 Å². The zero-order chi connectivity index (χ0) is 18.6. The Morgan fingerprint density at radius 2 is 2.19 bits per heavy atom. The van der Waals surface area contributed by atoms with Crippen LogP contribution in [-0.2, 0) is 19.6 Å². The van der Waals surface area contributed by atoms with Crippen LogP contribution in [0.4, 0.5) is 5.69 Å². The number of rotatable bonds is 5. The van der Waals surface area contributed by atoms with Crippen LogP contribution >= 0.6 is 11.8 Å². The second-order valence-electron chi connectivity index (χ2n) is 6.19. The van der Waals surface area contributed by atoms with Crippen LogP contribution in [0.2, 0.25) is 0 Å². The van der Waals surface area contributed by atoms with Gasteiger partial charge in [-0.1, -0.05) is 6.07 Å². The fraction of sp³-hybridized carbons (Fsp3) is 0.500. The zero-order valence-corrected chi connectivity index (χ0v) is 15.9. The van der Waals surface area contributed by atoms with Gasteiger partial charge in [0.2, 0.25) is 21.8 Å². The summed E-state index contributed by atoms with van der Waals surface area (Å²) in [5, 5.41) is 8.66. The third-order valence-corrected chi connectivity index (χ3v) is 7.16. The van der Waals surface area contributed by atoms with E-state index >= 15 is 0 Å². The maximum Gasteiger partial charge on any atom is 0.243 e. The van der Waals surface area contributed by atoms with Gasteiger partial charge in [-0.2, -0.15) is 16.1 Å². The third-order valence-electron chi connectivity index (χ3n) is 4.19. The van der Waals surface area contributed by atoms with Crippen LogP contribution in [0.25, 0.3) is 0 Å². The van der Waals surface area contributed by atoms with Gasteiger partial charge in [-0.15, -0.1) is 0 Å². The summed E-state index contributed by atoms with van der Waals surface area (Å²) in [6.45, 7) is 1.22. The highest BCUT2D eigenvalue weighted by atomic mass is 32.2. The second kappa shape index (κ2) is 8.38. The number of piperazine rings is 1. The van der Waals surface area contributed by atoms with Crippen molar-refractivity contribution in [3.63, 3.8) is 0 Å². The van der Waals surface area contributed by atoms with Gasteiger partial charge in [-0.05, 0) is 18.2 Å². The topological polar surface area (TPSA) is 108 Å². The largest absolute Gasteiger partial charge is 0.354 e. The number of benzene rings is 1. The molecule has 1 aromatic carbocycles. The molecule has 2 heterocycles. The molecule has 0 bridgehead atoms. The predicted octanol–water partition coefficient (Wildman–Crippen LogP) is -0.159. The van der Waals surface area contributed by atoms with Crippen molar-refractivity contribution < 1.29 is 18.0 Å². The molecular weight excluding hydrogens is 376 g/mol. The maximum absolute atomic E-state index is 12.7. The molecule has 8 nitrogen and oxygen atoms in total. The first-order chi connectivity index (χ1) is 12.4. The lowest BCUT2D eigenvalue weighted by Crippen LogP contribution is -2.49. The SMILES string of the molecule is O=C1CN(S(=O)(=O)c2cccc(NC(=O)CC3CSCCN3)c2)CCN1. The van der Waals surface area contributed by atoms with Gasteiger partial charge in [0, 0.05) is 49.3 Å². The van der Waals surface area contributed by atoms with Crippen molar-refractivity contribution in [2.75, 3.05) is 43.0 Å². The van der Waals surface area contributed by atoms with E-state index in [9.17, 15) is 18.0 Å². The summed E-state index contributed by atoms with van der Waals surface area (Å²) in [5.41, 5.74) is 0.431. The molecule has 142 valence electrons. The van der Waals surface area contributed by atoms with Crippen LogP contribution < -0.4 is 16.0 Å². The summed E-state index contributed by atoms with van der Waals surface area (Å²) < 4.78 is 26.6. The Hall–Kier alpha value is -1.62. The van der Waals surface area contributed by atoms with E-state index in [0.717, 1.165) is 22.4 Å². The normalized spacial score (nSPS) is 21.8. The molecule has 3 N–H and O–H groups in total. The average molecular weight is 399 g/mol. The number of nitrogens with zero attached hydrogens (tertiary/aromatic N) is 1. The highest BCUT2D eigenvalue weighted by Gasteiger charge is 2.29. The molecule has 1 atom stereocenters. The minimum absolute atomic E-state index is 0.0661. The Morgan fingerprint density at radius 1 is 1.35 bits per heavy atom. The van der Waals surface area contributed by atoms with Crippen LogP contribution in [-0.4, -0.2) is 68.3 Å². The quantitative estimate of drug-likeness (QED) is 0.636. The highest BCUT2D eigenvalue weighted by molar-refractivity contribution is 7.99. The number of anilines is 1. The summed E-state index contributed by atoms with van der Waals surface area (Å²) in [4.78, 5) is 23.8. The molecule has 1 unspecified atom stereocenters. The van der Waals surface area contributed by atoms with Gasteiger partial charge in [0.25, 0.3) is 0 Å². The van der Waals surface area contributed by atoms with E-state index < -0.39 is 10.0 Å². The minimum atomic E-state index is -3.77. The molecule has 10 heteroatoms. The molecule has 3 rings (SSSR count). The minimum Gasteiger partial charge on any atom is -0.354 e. The number of nitrogens with one attached hydrogen (secondary N) is 3. The van der Waals surface area contributed by atoms with Crippen molar-refractivity contribution in [2.24, 2.45) is 0 Å². The van der Waals surface area contributed by atoms with E-state index in [0.29, 0.717) is 18.7 Å². The van der Waals surface area contributed by atoms with Crippen LogP contribution in [0.15, 0.2) is 29.2 Å². The lowest BCUT2D eigenvalue weighted by Gasteiger charge is -2.26. The fourth-order valence-corrected chi connectivity index (χ4v) is 5.28. The Bertz CT molecular complexity index is 778. The smallest absolute Gasteiger partial charge is 0.243 e. The Kier molecular flexibility index (Phi) is 6.17. The molecule has 26 heavy (non-hydrogen) atoms. The summed E-state index contributed by atoms with van der Waals surface area (Å²) in [7, 11) is -3.77. The monoisotopic (exact) mass is 398 g/mol. The number of thioether (sulfide) groups is 1. The van der Waals surface area contributed by atoms with Crippen LogP contribution in [0.5, 0.6) is 0 Å². The number of sulfonamides is 1. The van der Waals surface area contributed by atoms with Gasteiger partial charge in [-0.3, -0.25) is 9.59 Å². The first-order valence-corrected chi connectivity index (χ1v) is 11.0. The van der Waals surface area contributed by atoms with Gasteiger partial charge in [0.15, 0.2) is 0 Å². The van der Waals surface area contributed by atoms with E-state index in [1.54, 1.807) is 12.1 Å². The van der Waals surface area contributed by atoms with Gasteiger partial charge in [0.05, 0.1) is 11.4 Å². The summed E-state index contributed by atoms with van der Waals surface area (Å²) in [6, 6.07) is 6.27. The van der Waals surface area contributed by atoms with Crippen LogP contribution in [0.1, 0.15) is 6.42 Å². The number of carbonyl (C=O) groups excluding carboxylic acids is 2. The maximum atomic E-state index is 12.7. The first-order valence-electron chi connectivity index (χ1n) is 8.43. The van der Waals surface area contributed by atoms with E-state index in [1.807, 2.05) is 11.8 Å². The van der Waals surface area contributed by atoms with Crippen LogP contribution in [0.3, 0.4) is 0 Å². The third kappa shape index (κ3) is 4.76. The molecule has 2 amide bonds. The molecule has 2 aliphatic heterocycles. The zero-order valence-electron chi connectivity index (χ0n) is 14.2.